The molecule has 0 saturated carbocycles. The summed E-state index contributed by atoms with van der Waals surface area (Å²) in [5, 5.41) is 0. The molecule has 0 aromatic carbocycles. The highest BCUT2D eigenvalue weighted by molar-refractivity contribution is 6.65. The average molecular weight is 218 g/mol. The molecular formula is C10H22O3Si. The molecule has 14 heavy (non-hydrogen) atoms. The second-order valence-corrected chi connectivity index (χ2v) is 6.88. The molecule has 0 saturated heterocycles. The Morgan fingerprint density at radius 1 is 1.21 bits per heavy atom. The van der Waals surface area contributed by atoms with Gasteiger partial charge in [-0.2, -0.15) is 0 Å². The van der Waals surface area contributed by atoms with Crippen LogP contribution in [0.25, 0.3) is 0 Å². The predicted molar refractivity (Wildman–Crippen MR) is 60.4 cm³/mol. The van der Waals surface area contributed by atoms with Gasteiger partial charge in [-0.25, -0.2) is 0 Å². The van der Waals surface area contributed by atoms with Crippen LogP contribution in [0.3, 0.4) is 0 Å². The van der Waals surface area contributed by atoms with Crippen molar-refractivity contribution < 1.29 is 13.6 Å². The molecule has 0 aliphatic heterocycles. The highest BCUT2D eigenvalue weighted by Gasteiger charge is 2.27. The zero-order valence-corrected chi connectivity index (χ0v) is 10.7. The van der Waals surface area contributed by atoms with Gasteiger partial charge >= 0.3 is 8.56 Å². The largest absolute Gasteiger partial charge is 0.502 e. The summed E-state index contributed by atoms with van der Waals surface area (Å²) in [4.78, 5) is 0. The van der Waals surface area contributed by atoms with E-state index in [1.54, 1.807) is 20.5 Å². The first-order valence-corrected chi connectivity index (χ1v) is 7.57. The molecule has 0 fully saturated rings. The van der Waals surface area contributed by atoms with Gasteiger partial charge in [0.15, 0.2) is 0 Å². The maximum absolute atomic E-state index is 5.36. The van der Waals surface area contributed by atoms with Crippen molar-refractivity contribution in [2.45, 2.75) is 32.4 Å². The van der Waals surface area contributed by atoms with Crippen LogP contribution in [0.5, 0.6) is 0 Å². The molecule has 0 amide bonds. The maximum atomic E-state index is 5.36. The number of hydrogen-bond donors (Lipinski definition) is 0. The Kier molecular flexibility index (Phi) is 7.84. The minimum Gasteiger partial charge on any atom is -0.502 e. The van der Waals surface area contributed by atoms with Crippen LogP contribution in [-0.4, -0.2) is 29.4 Å². The Morgan fingerprint density at radius 3 is 2.36 bits per heavy atom. The Balaban J connectivity index is 3.47. The van der Waals surface area contributed by atoms with Gasteiger partial charge in [0.2, 0.25) is 0 Å². The molecule has 3 nitrogen and oxygen atoms in total. The van der Waals surface area contributed by atoms with Gasteiger partial charge in [-0.05, 0) is 25.4 Å². The Morgan fingerprint density at radius 2 is 1.86 bits per heavy atom. The third kappa shape index (κ3) is 6.18. The van der Waals surface area contributed by atoms with Crippen molar-refractivity contribution in [1.29, 1.82) is 0 Å². The van der Waals surface area contributed by atoms with Crippen LogP contribution in [0.1, 0.15) is 19.8 Å². The summed E-state index contributed by atoms with van der Waals surface area (Å²) in [5.74, 6) is 0. The zero-order valence-electron chi connectivity index (χ0n) is 9.71. The number of hydrogen-bond acceptors (Lipinski definition) is 3. The Hall–Kier alpha value is -0.323. The quantitative estimate of drug-likeness (QED) is 0.356. The van der Waals surface area contributed by atoms with Crippen molar-refractivity contribution in [2.24, 2.45) is 0 Å². The molecule has 4 heteroatoms. The van der Waals surface area contributed by atoms with Crippen LogP contribution in [0.15, 0.2) is 12.3 Å². The maximum Gasteiger partial charge on any atom is 0.334 e. The minimum atomic E-state index is -1.87. The van der Waals surface area contributed by atoms with Gasteiger partial charge < -0.3 is 13.6 Å². The van der Waals surface area contributed by atoms with Crippen LogP contribution < -0.4 is 0 Å². The SMILES string of the molecule is CCC=COCCC[Si](C)(OC)OC. The topological polar surface area (TPSA) is 27.7 Å². The molecule has 0 radical (unpaired) electrons. The van der Waals surface area contributed by atoms with Crippen LogP contribution >= 0.6 is 0 Å². The lowest BCUT2D eigenvalue weighted by atomic mass is 10.5. The fourth-order valence-electron chi connectivity index (χ4n) is 0.996. The Bertz CT molecular complexity index is 155. The minimum absolute atomic E-state index is 0.742. The van der Waals surface area contributed by atoms with Crippen molar-refractivity contribution in [3.63, 3.8) is 0 Å². The summed E-state index contributed by atoms with van der Waals surface area (Å²) < 4.78 is 16.0. The first-order valence-electron chi connectivity index (χ1n) is 5.05. The molecule has 0 atom stereocenters. The lowest BCUT2D eigenvalue weighted by Crippen LogP contribution is -2.36. The van der Waals surface area contributed by atoms with Crippen LogP contribution in [0, 0.1) is 0 Å². The van der Waals surface area contributed by atoms with Crippen LogP contribution in [-0.2, 0) is 13.6 Å². The van der Waals surface area contributed by atoms with E-state index in [-0.39, 0.29) is 0 Å². The lowest BCUT2D eigenvalue weighted by Gasteiger charge is -2.22. The highest BCUT2D eigenvalue weighted by Crippen LogP contribution is 2.13. The fourth-order valence-corrected chi connectivity index (χ4v) is 2.36. The zero-order chi connectivity index (χ0) is 10.9. The smallest absolute Gasteiger partial charge is 0.334 e. The lowest BCUT2D eigenvalue weighted by molar-refractivity contribution is 0.225. The molecule has 0 aliphatic rings. The molecule has 0 N–H and O–H groups in total. The van der Waals surface area contributed by atoms with E-state index in [4.69, 9.17) is 13.6 Å². The summed E-state index contributed by atoms with van der Waals surface area (Å²) >= 11 is 0. The summed E-state index contributed by atoms with van der Waals surface area (Å²) in [6.45, 7) is 4.89. The van der Waals surface area contributed by atoms with Crippen molar-refractivity contribution >= 4 is 8.56 Å². The number of ether oxygens (including phenoxy) is 1. The second-order valence-electron chi connectivity index (χ2n) is 3.30. The molecule has 0 rings (SSSR count). The second kappa shape index (κ2) is 8.02. The van der Waals surface area contributed by atoms with E-state index in [2.05, 4.69) is 13.5 Å². The van der Waals surface area contributed by atoms with E-state index in [1.165, 1.54) is 0 Å². The van der Waals surface area contributed by atoms with Crippen LogP contribution in [0.2, 0.25) is 12.6 Å². The number of rotatable bonds is 8. The van der Waals surface area contributed by atoms with Gasteiger partial charge in [-0.15, -0.1) is 0 Å². The molecule has 0 aromatic heterocycles. The fraction of sp³-hybridized carbons (Fsp3) is 0.800. The molecule has 0 unspecified atom stereocenters. The molecule has 0 spiro atoms. The molecule has 0 aromatic rings. The van der Waals surface area contributed by atoms with E-state index in [0.717, 1.165) is 25.5 Å². The highest BCUT2D eigenvalue weighted by atomic mass is 28.4. The van der Waals surface area contributed by atoms with Crippen molar-refractivity contribution in [3.8, 4) is 0 Å². The van der Waals surface area contributed by atoms with Gasteiger partial charge in [0.1, 0.15) is 0 Å². The van der Waals surface area contributed by atoms with Gasteiger partial charge in [0, 0.05) is 14.2 Å². The number of allylic oxidation sites excluding steroid dienone is 1. The normalized spacial score (nSPS) is 12.3. The van der Waals surface area contributed by atoms with Crippen LogP contribution in [0.4, 0.5) is 0 Å². The van der Waals surface area contributed by atoms with Crippen molar-refractivity contribution in [1.82, 2.24) is 0 Å². The third-order valence-electron chi connectivity index (χ3n) is 2.18. The van der Waals surface area contributed by atoms with E-state index in [1.807, 2.05) is 6.08 Å². The predicted octanol–water partition coefficient (Wildman–Crippen LogP) is 2.68. The Labute approximate surface area is 88.3 Å². The van der Waals surface area contributed by atoms with E-state index in [9.17, 15) is 0 Å². The molecule has 0 aliphatic carbocycles. The first kappa shape index (κ1) is 13.7. The summed E-state index contributed by atoms with van der Waals surface area (Å²) in [5.41, 5.74) is 0. The summed E-state index contributed by atoms with van der Waals surface area (Å²) in [6, 6.07) is 0.972. The molecule has 0 bridgehead atoms. The van der Waals surface area contributed by atoms with Crippen molar-refractivity contribution in [3.05, 3.63) is 12.3 Å². The van der Waals surface area contributed by atoms with Gasteiger partial charge in [0.05, 0.1) is 12.9 Å². The van der Waals surface area contributed by atoms with Gasteiger partial charge in [-0.1, -0.05) is 13.0 Å². The van der Waals surface area contributed by atoms with Gasteiger partial charge in [0.25, 0.3) is 0 Å². The third-order valence-corrected chi connectivity index (χ3v) is 5.17. The molecule has 84 valence electrons. The molecule has 0 heterocycles. The standard InChI is InChI=1S/C10H22O3Si/c1-5-6-8-13-9-7-10-14(4,11-2)12-3/h6,8H,5,7,9-10H2,1-4H3. The van der Waals surface area contributed by atoms with E-state index >= 15 is 0 Å². The van der Waals surface area contributed by atoms with E-state index < -0.39 is 8.56 Å². The first-order chi connectivity index (χ1) is 6.68. The van der Waals surface area contributed by atoms with Crippen molar-refractivity contribution in [2.75, 3.05) is 20.8 Å². The van der Waals surface area contributed by atoms with Gasteiger partial charge in [-0.3, -0.25) is 0 Å². The summed E-state index contributed by atoms with van der Waals surface area (Å²) in [6.07, 6.45) is 5.77. The molecular weight excluding hydrogens is 196 g/mol. The summed E-state index contributed by atoms with van der Waals surface area (Å²) in [7, 11) is 1.56. The average Bonchev–Trinajstić information content (AvgIpc) is 2.23. The van der Waals surface area contributed by atoms with E-state index in [0.29, 0.717) is 0 Å². The monoisotopic (exact) mass is 218 g/mol.